The van der Waals surface area contributed by atoms with Crippen LogP contribution in [0.3, 0.4) is 0 Å². The minimum absolute atomic E-state index is 0.177. The van der Waals surface area contributed by atoms with E-state index in [1.165, 1.54) is 5.57 Å². The van der Waals surface area contributed by atoms with E-state index in [-0.39, 0.29) is 10.6 Å². The van der Waals surface area contributed by atoms with Gasteiger partial charge in [0.25, 0.3) is 5.69 Å². The molecule has 0 atom stereocenters. The molecule has 2 aromatic rings. The summed E-state index contributed by atoms with van der Waals surface area (Å²) >= 11 is 0. The number of H-pyrrole nitrogens is 1. The first kappa shape index (κ1) is 21.8. The second-order valence-corrected chi connectivity index (χ2v) is 6.74. The van der Waals surface area contributed by atoms with Gasteiger partial charge in [0.15, 0.2) is 0 Å². The Morgan fingerprint density at radius 1 is 1.24 bits per heavy atom. The van der Waals surface area contributed by atoms with E-state index in [9.17, 15) is 19.7 Å². The molecule has 1 aliphatic heterocycles. The minimum Gasteiger partial charge on any atom is -0.478 e. The molecule has 1 aromatic heterocycles. The topological polar surface area (TPSA) is 137 Å². The Morgan fingerprint density at radius 3 is 2.38 bits per heavy atom. The number of nitro benzene ring substituents is 1. The zero-order chi connectivity index (χ0) is 21.6. The van der Waals surface area contributed by atoms with E-state index in [1.807, 2.05) is 12.3 Å². The van der Waals surface area contributed by atoms with E-state index in [0.29, 0.717) is 18.2 Å². The summed E-state index contributed by atoms with van der Waals surface area (Å²) in [5.74, 6) is -2.51. The number of nitrogens with zero attached hydrogens (tertiary/aromatic N) is 2. The van der Waals surface area contributed by atoms with Gasteiger partial charge in [-0.3, -0.25) is 15.0 Å². The van der Waals surface area contributed by atoms with Crippen LogP contribution in [0.5, 0.6) is 0 Å². The number of aliphatic carboxylic acids is 2. The van der Waals surface area contributed by atoms with Crippen molar-refractivity contribution in [3.63, 3.8) is 0 Å². The van der Waals surface area contributed by atoms with Gasteiger partial charge in [0.1, 0.15) is 0 Å². The maximum atomic E-state index is 11.3. The fraction of sp³-hybridized carbons (Fsp3) is 0.300. The summed E-state index contributed by atoms with van der Waals surface area (Å²) in [6.45, 7) is 6.28. The van der Waals surface area contributed by atoms with Gasteiger partial charge in [0.2, 0.25) is 0 Å². The van der Waals surface area contributed by atoms with Crippen molar-refractivity contribution in [1.29, 1.82) is 0 Å². The summed E-state index contributed by atoms with van der Waals surface area (Å²) in [5.41, 5.74) is 3.18. The van der Waals surface area contributed by atoms with E-state index in [4.69, 9.17) is 10.2 Å². The zero-order valence-corrected chi connectivity index (χ0v) is 16.2. The first-order chi connectivity index (χ1) is 13.7. The maximum Gasteiger partial charge on any atom is 0.328 e. The van der Waals surface area contributed by atoms with Gasteiger partial charge in [-0.25, -0.2) is 9.59 Å². The lowest BCUT2D eigenvalue weighted by Crippen LogP contribution is -2.34. The molecule has 0 unspecified atom stereocenters. The largest absolute Gasteiger partial charge is 0.478 e. The standard InChI is InChI=1S/C16H19N3O2.C4H4O4/c1-11(2)18-8-6-12(7-9-18)13-10-17-14-4-3-5-15(16(13)14)19(20)21;5-3(6)1-2-4(7)8/h3-6,10-11,17H,7-9H2,1-2H3;1-2H,(H,5,6)(H,7,8). The van der Waals surface area contributed by atoms with Crippen LogP contribution >= 0.6 is 0 Å². The molecule has 0 fully saturated rings. The number of aromatic amines is 1. The molecule has 0 saturated carbocycles. The summed E-state index contributed by atoms with van der Waals surface area (Å²) in [6, 6.07) is 5.70. The lowest BCUT2D eigenvalue weighted by atomic mass is 9.97. The second kappa shape index (κ2) is 9.65. The minimum atomic E-state index is -1.26. The van der Waals surface area contributed by atoms with Crippen LogP contribution in [0.1, 0.15) is 25.8 Å². The highest BCUT2D eigenvalue weighted by molar-refractivity contribution is 5.99. The van der Waals surface area contributed by atoms with Crippen LogP contribution in [0, 0.1) is 10.1 Å². The average Bonchev–Trinajstić information content (AvgIpc) is 3.11. The van der Waals surface area contributed by atoms with Crippen LogP contribution in [-0.4, -0.2) is 56.1 Å². The molecular formula is C20H23N3O6. The number of fused-ring (bicyclic) bond motifs is 1. The number of hydrogen-bond donors (Lipinski definition) is 3. The third kappa shape index (κ3) is 5.76. The number of carbonyl (C=O) groups is 2. The smallest absolute Gasteiger partial charge is 0.328 e. The van der Waals surface area contributed by atoms with Crippen molar-refractivity contribution in [3.8, 4) is 0 Å². The molecule has 0 bridgehead atoms. The Hall–Kier alpha value is -3.46. The van der Waals surface area contributed by atoms with Crippen molar-refractivity contribution in [2.24, 2.45) is 0 Å². The highest BCUT2D eigenvalue weighted by Gasteiger charge is 2.21. The SMILES string of the molecule is CC(C)N1CC=C(c2c[nH]c3cccc([N+](=O)[O-])c23)CC1.O=C(O)C=CC(=O)O. The molecule has 29 heavy (non-hydrogen) atoms. The third-order valence-electron chi connectivity index (χ3n) is 4.57. The zero-order valence-electron chi connectivity index (χ0n) is 16.2. The van der Waals surface area contributed by atoms with E-state index in [2.05, 4.69) is 29.8 Å². The first-order valence-electron chi connectivity index (χ1n) is 9.02. The van der Waals surface area contributed by atoms with Gasteiger partial charge in [-0.15, -0.1) is 0 Å². The molecule has 0 radical (unpaired) electrons. The molecule has 1 aromatic carbocycles. The summed E-state index contributed by atoms with van der Waals surface area (Å²) in [4.78, 5) is 35.6. The summed E-state index contributed by atoms with van der Waals surface area (Å²) < 4.78 is 0. The molecule has 9 nitrogen and oxygen atoms in total. The number of benzene rings is 1. The molecule has 9 heteroatoms. The number of aromatic nitrogens is 1. The van der Waals surface area contributed by atoms with Gasteiger partial charge in [-0.2, -0.15) is 0 Å². The highest BCUT2D eigenvalue weighted by Crippen LogP contribution is 2.34. The van der Waals surface area contributed by atoms with Crippen molar-refractivity contribution in [3.05, 3.63) is 58.3 Å². The van der Waals surface area contributed by atoms with Crippen LogP contribution in [0.15, 0.2) is 42.6 Å². The van der Waals surface area contributed by atoms with E-state index >= 15 is 0 Å². The number of carboxylic acids is 2. The molecule has 3 N–H and O–H groups in total. The Kier molecular flexibility index (Phi) is 7.27. The fourth-order valence-corrected chi connectivity index (χ4v) is 3.11. The van der Waals surface area contributed by atoms with Crippen LogP contribution in [0.25, 0.3) is 16.5 Å². The van der Waals surface area contributed by atoms with Gasteiger partial charge >= 0.3 is 11.9 Å². The Balaban J connectivity index is 0.000000321. The molecule has 0 spiro atoms. The molecule has 0 amide bonds. The predicted octanol–water partition coefficient (Wildman–Crippen LogP) is 3.29. The maximum absolute atomic E-state index is 11.3. The molecule has 0 aliphatic carbocycles. The summed E-state index contributed by atoms with van der Waals surface area (Å²) in [6.07, 6.45) is 6.14. The van der Waals surface area contributed by atoms with Gasteiger partial charge in [0, 0.05) is 49.1 Å². The van der Waals surface area contributed by atoms with Crippen LogP contribution in [-0.2, 0) is 9.59 Å². The summed E-state index contributed by atoms with van der Waals surface area (Å²) in [5, 5.41) is 27.6. The quantitative estimate of drug-likeness (QED) is 0.397. The monoisotopic (exact) mass is 401 g/mol. The Morgan fingerprint density at radius 2 is 1.90 bits per heavy atom. The van der Waals surface area contributed by atoms with Gasteiger partial charge < -0.3 is 15.2 Å². The van der Waals surface area contributed by atoms with Gasteiger partial charge in [0.05, 0.1) is 15.8 Å². The van der Waals surface area contributed by atoms with Crippen molar-refractivity contribution in [1.82, 2.24) is 9.88 Å². The third-order valence-corrected chi connectivity index (χ3v) is 4.57. The predicted molar refractivity (Wildman–Crippen MR) is 109 cm³/mol. The molecule has 2 heterocycles. The normalized spacial score (nSPS) is 14.5. The molecule has 0 saturated heterocycles. The number of nitro groups is 1. The lowest BCUT2D eigenvalue weighted by molar-refractivity contribution is -0.383. The van der Waals surface area contributed by atoms with E-state index < -0.39 is 11.9 Å². The van der Waals surface area contributed by atoms with Crippen LogP contribution < -0.4 is 0 Å². The summed E-state index contributed by atoms with van der Waals surface area (Å²) in [7, 11) is 0. The second-order valence-electron chi connectivity index (χ2n) is 6.74. The van der Waals surface area contributed by atoms with Crippen molar-refractivity contribution < 1.29 is 24.7 Å². The number of rotatable bonds is 5. The number of non-ortho nitro benzene ring substituents is 1. The van der Waals surface area contributed by atoms with E-state index in [1.54, 1.807) is 12.1 Å². The van der Waals surface area contributed by atoms with E-state index in [0.717, 1.165) is 36.0 Å². The van der Waals surface area contributed by atoms with Crippen molar-refractivity contribution >= 4 is 34.1 Å². The Labute approximate surface area is 167 Å². The number of nitrogens with one attached hydrogen (secondary N) is 1. The van der Waals surface area contributed by atoms with Crippen molar-refractivity contribution in [2.75, 3.05) is 13.1 Å². The number of hydrogen-bond acceptors (Lipinski definition) is 5. The van der Waals surface area contributed by atoms with Crippen LogP contribution in [0.2, 0.25) is 0 Å². The first-order valence-corrected chi connectivity index (χ1v) is 9.02. The fourth-order valence-electron chi connectivity index (χ4n) is 3.11. The van der Waals surface area contributed by atoms with Crippen LogP contribution in [0.4, 0.5) is 5.69 Å². The molecule has 154 valence electrons. The molecule has 1 aliphatic rings. The Bertz CT molecular complexity index is 958. The molecular weight excluding hydrogens is 378 g/mol. The average molecular weight is 401 g/mol. The lowest BCUT2D eigenvalue weighted by Gasteiger charge is -2.29. The van der Waals surface area contributed by atoms with Crippen molar-refractivity contribution in [2.45, 2.75) is 26.3 Å². The van der Waals surface area contributed by atoms with Gasteiger partial charge in [-0.1, -0.05) is 12.1 Å². The molecule has 3 rings (SSSR count). The van der Waals surface area contributed by atoms with Gasteiger partial charge in [-0.05, 0) is 31.9 Å². The highest BCUT2D eigenvalue weighted by atomic mass is 16.6. The number of carboxylic acid groups (broad SMARTS) is 2.